The average Bonchev–Trinajstić information content (AvgIpc) is 2.08. The van der Waals surface area contributed by atoms with Gasteiger partial charge >= 0.3 is 0 Å². The Balaban J connectivity index is 3.39. The summed E-state index contributed by atoms with van der Waals surface area (Å²) < 4.78 is 37.0. The van der Waals surface area contributed by atoms with Crippen molar-refractivity contribution < 1.29 is 18.0 Å². The molecule has 0 atom stereocenters. The zero-order valence-electron chi connectivity index (χ0n) is 6.60. The van der Waals surface area contributed by atoms with Crippen molar-refractivity contribution in [2.75, 3.05) is 0 Å². The van der Waals surface area contributed by atoms with Crippen molar-refractivity contribution >= 4 is 21.8 Å². The maximum Gasteiger partial charge on any atom is 0.267 e. The highest BCUT2D eigenvalue weighted by Gasteiger charge is 2.20. The SMILES string of the molecule is NC(=O)c1nc(Br)c(F)cc1C(F)F. The number of carbonyl (C=O) groups is 1. The van der Waals surface area contributed by atoms with Crippen LogP contribution in [-0.2, 0) is 0 Å². The number of carbonyl (C=O) groups excluding carboxylic acids is 1. The maximum atomic E-state index is 12.8. The summed E-state index contributed by atoms with van der Waals surface area (Å²) in [5.74, 6) is -2.09. The van der Waals surface area contributed by atoms with Crippen LogP contribution in [0.3, 0.4) is 0 Å². The van der Waals surface area contributed by atoms with Gasteiger partial charge in [0.1, 0.15) is 10.3 Å². The second-order valence-electron chi connectivity index (χ2n) is 2.36. The zero-order chi connectivity index (χ0) is 10.9. The van der Waals surface area contributed by atoms with Gasteiger partial charge in [0.2, 0.25) is 0 Å². The first kappa shape index (κ1) is 11.0. The topological polar surface area (TPSA) is 56.0 Å². The number of aromatic nitrogens is 1. The van der Waals surface area contributed by atoms with Crippen molar-refractivity contribution in [3.8, 4) is 0 Å². The van der Waals surface area contributed by atoms with Crippen molar-refractivity contribution in [3.63, 3.8) is 0 Å². The van der Waals surface area contributed by atoms with Crippen LogP contribution in [-0.4, -0.2) is 10.9 Å². The Hall–Kier alpha value is -1.11. The Morgan fingerprint density at radius 2 is 2.14 bits per heavy atom. The van der Waals surface area contributed by atoms with E-state index in [0.717, 1.165) is 0 Å². The van der Waals surface area contributed by atoms with Gasteiger partial charge in [-0.2, -0.15) is 0 Å². The minimum absolute atomic E-state index is 0.323. The molecular weight excluding hydrogens is 265 g/mol. The van der Waals surface area contributed by atoms with Gasteiger partial charge in [0.05, 0.1) is 5.56 Å². The summed E-state index contributed by atoms with van der Waals surface area (Å²) >= 11 is 2.66. The van der Waals surface area contributed by atoms with Gasteiger partial charge in [0.25, 0.3) is 12.3 Å². The van der Waals surface area contributed by atoms with E-state index in [2.05, 4.69) is 20.9 Å². The normalized spacial score (nSPS) is 10.6. The lowest BCUT2D eigenvalue weighted by molar-refractivity contribution is 0.0979. The molecule has 0 aliphatic carbocycles. The first-order valence-corrected chi connectivity index (χ1v) is 4.16. The van der Waals surface area contributed by atoms with Crippen LogP contribution in [0.4, 0.5) is 13.2 Å². The van der Waals surface area contributed by atoms with Gasteiger partial charge in [-0.1, -0.05) is 0 Å². The van der Waals surface area contributed by atoms with E-state index in [1.165, 1.54) is 0 Å². The fourth-order valence-corrected chi connectivity index (χ4v) is 1.14. The van der Waals surface area contributed by atoms with Crippen LogP contribution in [0.5, 0.6) is 0 Å². The molecule has 0 saturated carbocycles. The quantitative estimate of drug-likeness (QED) is 0.835. The highest BCUT2D eigenvalue weighted by atomic mass is 79.9. The zero-order valence-corrected chi connectivity index (χ0v) is 8.19. The molecule has 1 amide bonds. The molecule has 76 valence electrons. The van der Waals surface area contributed by atoms with E-state index >= 15 is 0 Å². The summed E-state index contributed by atoms with van der Waals surface area (Å²) in [4.78, 5) is 14.0. The third-order valence-corrected chi connectivity index (χ3v) is 1.99. The number of amides is 1. The molecule has 3 nitrogen and oxygen atoms in total. The van der Waals surface area contributed by atoms with Crippen LogP contribution in [0.2, 0.25) is 0 Å². The molecule has 0 aliphatic heterocycles. The summed E-state index contributed by atoms with van der Waals surface area (Å²) in [5, 5.41) is 0. The summed E-state index contributed by atoms with van der Waals surface area (Å²) in [7, 11) is 0. The lowest BCUT2D eigenvalue weighted by atomic mass is 10.2. The fourth-order valence-electron chi connectivity index (χ4n) is 0.844. The Kier molecular flexibility index (Phi) is 3.10. The Morgan fingerprint density at radius 1 is 1.57 bits per heavy atom. The molecule has 1 rings (SSSR count). The summed E-state index contributed by atoms with van der Waals surface area (Å²) in [6.07, 6.45) is -2.99. The Morgan fingerprint density at radius 3 is 2.57 bits per heavy atom. The van der Waals surface area contributed by atoms with Crippen molar-refractivity contribution in [1.82, 2.24) is 4.98 Å². The van der Waals surface area contributed by atoms with E-state index in [1.54, 1.807) is 0 Å². The van der Waals surface area contributed by atoms with Crippen LogP contribution in [0.25, 0.3) is 0 Å². The molecule has 1 aromatic heterocycles. The van der Waals surface area contributed by atoms with E-state index in [-0.39, 0.29) is 4.60 Å². The monoisotopic (exact) mass is 268 g/mol. The van der Waals surface area contributed by atoms with E-state index < -0.39 is 29.4 Å². The van der Waals surface area contributed by atoms with Crippen molar-refractivity contribution in [3.05, 3.63) is 27.7 Å². The van der Waals surface area contributed by atoms with Crippen molar-refractivity contribution in [1.29, 1.82) is 0 Å². The van der Waals surface area contributed by atoms with Crippen LogP contribution < -0.4 is 5.73 Å². The summed E-state index contributed by atoms with van der Waals surface area (Å²) in [6, 6.07) is 0.530. The van der Waals surface area contributed by atoms with Gasteiger partial charge < -0.3 is 5.73 Å². The van der Waals surface area contributed by atoms with Gasteiger partial charge in [-0.3, -0.25) is 4.79 Å². The Labute approximate surface area is 85.2 Å². The van der Waals surface area contributed by atoms with E-state index in [0.29, 0.717) is 6.07 Å². The lowest BCUT2D eigenvalue weighted by Gasteiger charge is -2.05. The largest absolute Gasteiger partial charge is 0.364 e. The predicted molar refractivity (Wildman–Crippen MR) is 45.4 cm³/mol. The summed E-state index contributed by atoms with van der Waals surface area (Å²) in [5.41, 5.74) is 3.35. The second kappa shape index (κ2) is 3.95. The third kappa shape index (κ3) is 2.03. The van der Waals surface area contributed by atoms with Gasteiger partial charge in [-0.05, 0) is 22.0 Å². The fraction of sp³-hybridized carbons (Fsp3) is 0.143. The van der Waals surface area contributed by atoms with Crippen molar-refractivity contribution in [2.45, 2.75) is 6.43 Å². The molecular formula is C7H4BrF3N2O. The smallest absolute Gasteiger partial charge is 0.267 e. The highest BCUT2D eigenvalue weighted by Crippen LogP contribution is 2.25. The number of hydrogen-bond acceptors (Lipinski definition) is 2. The molecule has 0 fully saturated rings. The number of halogens is 4. The first-order valence-electron chi connectivity index (χ1n) is 3.37. The van der Waals surface area contributed by atoms with Crippen molar-refractivity contribution in [2.24, 2.45) is 5.73 Å². The Bertz CT molecular complexity index is 383. The van der Waals surface area contributed by atoms with Crippen LogP contribution in [0.1, 0.15) is 22.5 Å². The molecule has 0 radical (unpaired) electrons. The molecule has 0 spiro atoms. The number of hydrogen-bond donors (Lipinski definition) is 1. The minimum atomic E-state index is -2.99. The van der Waals surface area contributed by atoms with Gasteiger partial charge in [-0.25, -0.2) is 18.2 Å². The lowest BCUT2D eigenvalue weighted by Crippen LogP contribution is -2.17. The molecule has 1 heterocycles. The minimum Gasteiger partial charge on any atom is -0.364 e. The van der Waals surface area contributed by atoms with Crippen LogP contribution >= 0.6 is 15.9 Å². The predicted octanol–water partition coefficient (Wildman–Crippen LogP) is 2.02. The molecule has 0 aliphatic rings. The van der Waals surface area contributed by atoms with Crippen LogP contribution in [0.15, 0.2) is 10.7 Å². The maximum absolute atomic E-state index is 12.8. The number of rotatable bonds is 2. The van der Waals surface area contributed by atoms with E-state index in [1.807, 2.05) is 0 Å². The van der Waals surface area contributed by atoms with E-state index in [9.17, 15) is 18.0 Å². The molecule has 0 bridgehead atoms. The molecule has 0 unspecified atom stereocenters. The molecule has 1 aromatic rings. The molecule has 0 saturated heterocycles. The summed E-state index contributed by atoms with van der Waals surface area (Å²) in [6.45, 7) is 0. The first-order chi connectivity index (χ1) is 6.43. The van der Waals surface area contributed by atoms with E-state index in [4.69, 9.17) is 5.73 Å². The third-order valence-electron chi connectivity index (χ3n) is 1.43. The standard InChI is InChI=1S/C7H4BrF3N2O/c8-5-3(9)1-2(6(10)11)4(13-5)7(12)14/h1,6H,(H2,12,14). The van der Waals surface area contributed by atoms with Crippen LogP contribution in [0, 0.1) is 5.82 Å². The average molecular weight is 269 g/mol. The number of alkyl halides is 2. The van der Waals surface area contributed by atoms with Gasteiger partial charge in [0.15, 0.2) is 5.82 Å². The van der Waals surface area contributed by atoms with Gasteiger partial charge in [0, 0.05) is 0 Å². The molecule has 14 heavy (non-hydrogen) atoms. The molecule has 0 aromatic carbocycles. The van der Waals surface area contributed by atoms with Gasteiger partial charge in [-0.15, -0.1) is 0 Å². The number of nitrogens with two attached hydrogens (primary N) is 1. The number of nitrogens with zero attached hydrogens (tertiary/aromatic N) is 1. The number of primary amides is 1. The highest BCUT2D eigenvalue weighted by molar-refractivity contribution is 9.10. The molecule has 2 N–H and O–H groups in total. The second-order valence-corrected chi connectivity index (χ2v) is 3.11. The molecule has 7 heteroatoms. The number of pyridine rings is 1.